The number of halogens is 3. The number of rotatable bonds is 0. The number of fused-ring (bicyclic) bond motifs is 1. The van der Waals surface area contributed by atoms with Gasteiger partial charge < -0.3 is 5.11 Å². The summed E-state index contributed by atoms with van der Waals surface area (Å²) in [5.74, 6) is -3.12. The van der Waals surface area contributed by atoms with E-state index in [-0.39, 0.29) is 11.1 Å². The summed E-state index contributed by atoms with van der Waals surface area (Å²) < 4.78 is 39.2. The minimum absolute atomic E-state index is 0.114. The van der Waals surface area contributed by atoms with E-state index >= 15 is 0 Å². The molecule has 1 unspecified atom stereocenters. The molecule has 4 heteroatoms. The van der Waals surface area contributed by atoms with E-state index in [2.05, 4.69) is 0 Å². The van der Waals surface area contributed by atoms with Gasteiger partial charge in [-0.25, -0.2) is 13.2 Å². The van der Waals surface area contributed by atoms with Crippen LogP contribution in [0.4, 0.5) is 13.2 Å². The van der Waals surface area contributed by atoms with E-state index in [1.54, 1.807) is 0 Å². The van der Waals surface area contributed by atoms with Gasteiger partial charge in [-0.1, -0.05) is 0 Å². The highest BCUT2D eigenvalue weighted by molar-refractivity contribution is 5.34. The fourth-order valence-corrected chi connectivity index (χ4v) is 1.87. The van der Waals surface area contributed by atoms with Crippen molar-refractivity contribution in [1.29, 1.82) is 0 Å². The Labute approximate surface area is 79.2 Å². The van der Waals surface area contributed by atoms with E-state index in [1.807, 2.05) is 0 Å². The predicted molar refractivity (Wildman–Crippen MR) is 44.2 cm³/mol. The minimum atomic E-state index is -1.23. The number of aliphatic hydroxyl groups is 1. The van der Waals surface area contributed by atoms with Crippen molar-refractivity contribution in [2.24, 2.45) is 0 Å². The topological polar surface area (TPSA) is 20.2 Å². The highest BCUT2D eigenvalue weighted by atomic mass is 19.2. The highest BCUT2D eigenvalue weighted by Gasteiger charge is 2.27. The predicted octanol–water partition coefficient (Wildman–Crippen LogP) is 2.47. The largest absolute Gasteiger partial charge is 0.388 e. The second kappa shape index (κ2) is 3.28. The SMILES string of the molecule is OC1CCCc2c(F)cc(F)c(F)c21. The number of aliphatic hydroxyl groups excluding tert-OH is 1. The van der Waals surface area contributed by atoms with Crippen LogP contribution in [-0.4, -0.2) is 5.11 Å². The monoisotopic (exact) mass is 202 g/mol. The summed E-state index contributed by atoms with van der Waals surface area (Å²) in [6, 6.07) is 0.534. The third-order valence-electron chi connectivity index (χ3n) is 2.55. The Hall–Kier alpha value is -1.03. The molecule has 0 saturated heterocycles. The fraction of sp³-hybridized carbons (Fsp3) is 0.400. The fourth-order valence-electron chi connectivity index (χ4n) is 1.87. The Morgan fingerprint density at radius 3 is 2.64 bits per heavy atom. The van der Waals surface area contributed by atoms with Crippen LogP contribution < -0.4 is 0 Å². The molecular formula is C10H9F3O. The minimum Gasteiger partial charge on any atom is -0.388 e. The Bertz CT molecular complexity index is 376. The van der Waals surface area contributed by atoms with Crippen LogP contribution in [-0.2, 0) is 6.42 Å². The molecule has 14 heavy (non-hydrogen) atoms. The molecular weight excluding hydrogens is 193 g/mol. The van der Waals surface area contributed by atoms with Gasteiger partial charge >= 0.3 is 0 Å². The van der Waals surface area contributed by atoms with Gasteiger partial charge in [-0.15, -0.1) is 0 Å². The van der Waals surface area contributed by atoms with Crippen LogP contribution in [0.15, 0.2) is 6.07 Å². The molecule has 1 aromatic rings. The van der Waals surface area contributed by atoms with Gasteiger partial charge in [0.2, 0.25) is 0 Å². The van der Waals surface area contributed by atoms with Gasteiger partial charge in [-0.3, -0.25) is 0 Å². The van der Waals surface area contributed by atoms with Crippen molar-refractivity contribution >= 4 is 0 Å². The molecule has 0 spiro atoms. The van der Waals surface area contributed by atoms with Crippen LogP contribution in [0.25, 0.3) is 0 Å². The Balaban J connectivity index is 2.67. The maximum Gasteiger partial charge on any atom is 0.165 e. The second-order valence-electron chi connectivity index (χ2n) is 3.45. The maximum absolute atomic E-state index is 13.2. The average molecular weight is 202 g/mol. The smallest absolute Gasteiger partial charge is 0.165 e. The van der Waals surface area contributed by atoms with Crippen LogP contribution in [0.3, 0.4) is 0 Å². The molecule has 1 aliphatic rings. The molecule has 1 aliphatic carbocycles. The highest BCUT2D eigenvalue weighted by Crippen LogP contribution is 2.34. The summed E-state index contributed by atoms with van der Waals surface area (Å²) in [5, 5.41) is 9.42. The molecule has 76 valence electrons. The first-order valence-electron chi connectivity index (χ1n) is 4.45. The van der Waals surface area contributed by atoms with Crippen molar-refractivity contribution in [2.75, 3.05) is 0 Å². The van der Waals surface area contributed by atoms with Crippen LogP contribution in [0, 0.1) is 17.5 Å². The molecule has 0 aromatic heterocycles. The van der Waals surface area contributed by atoms with E-state index in [1.165, 1.54) is 0 Å². The zero-order chi connectivity index (χ0) is 10.3. The van der Waals surface area contributed by atoms with E-state index in [9.17, 15) is 18.3 Å². The van der Waals surface area contributed by atoms with Crippen LogP contribution in [0.2, 0.25) is 0 Å². The van der Waals surface area contributed by atoms with Crippen molar-refractivity contribution in [1.82, 2.24) is 0 Å². The zero-order valence-electron chi connectivity index (χ0n) is 7.36. The lowest BCUT2D eigenvalue weighted by molar-refractivity contribution is 0.149. The Morgan fingerprint density at radius 1 is 1.21 bits per heavy atom. The lowest BCUT2D eigenvalue weighted by Crippen LogP contribution is -2.14. The van der Waals surface area contributed by atoms with Crippen molar-refractivity contribution in [2.45, 2.75) is 25.4 Å². The van der Waals surface area contributed by atoms with E-state index in [0.29, 0.717) is 25.3 Å². The molecule has 0 aliphatic heterocycles. The molecule has 0 fully saturated rings. The van der Waals surface area contributed by atoms with E-state index < -0.39 is 23.6 Å². The van der Waals surface area contributed by atoms with Gasteiger partial charge in [-0.2, -0.15) is 0 Å². The van der Waals surface area contributed by atoms with Gasteiger partial charge in [0.15, 0.2) is 11.6 Å². The van der Waals surface area contributed by atoms with Crippen molar-refractivity contribution in [3.8, 4) is 0 Å². The van der Waals surface area contributed by atoms with Gasteiger partial charge in [-0.05, 0) is 24.8 Å². The third-order valence-corrected chi connectivity index (χ3v) is 2.55. The number of hydrogen-bond donors (Lipinski definition) is 1. The van der Waals surface area contributed by atoms with Crippen molar-refractivity contribution in [3.05, 3.63) is 34.6 Å². The standard InChI is InChI=1S/C10H9F3O/c11-6-4-7(12)10(13)9-5(6)2-1-3-8(9)14/h4,8,14H,1-3H2. The maximum atomic E-state index is 13.2. The van der Waals surface area contributed by atoms with Crippen molar-refractivity contribution < 1.29 is 18.3 Å². The molecule has 0 bridgehead atoms. The summed E-state index contributed by atoms with van der Waals surface area (Å²) >= 11 is 0. The quantitative estimate of drug-likeness (QED) is 0.641. The Morgan fingerprint density at radius 2 is 1.93 bits per heavy atom. The van der Waals surface area contributed by atoms with Gasteiger partial charge in [0, 0.05) is 11.6 Å². The summed E-state index contributed by atoms with van der Waals surface area (Å²) in [4.78, 5) is 0. The van der Waals surface area contributed by atoms with Gasteiger partial charge in [0.05, 0.1) is 6.10 Å². The van der Waals surface area contributed by atoms with Crippen LogP contribution in [0.5, 0.6) is 0 Å². The van der Waals surface area contributed by atoms with Gasteiger partial charge in [0.25, 0.3) is 0 Å². The molecule has 1 nitrogen and oxygen atoms in total. The molecule has 0 amide bonds. The lowest BCUT2D eigenvalue weighted by Gasteiger charge is -2.22. The zero-order valence-corrected chi connectivity index (χ0v) is 7.36. The lowest BCUT2D eigenvalue weighted by atomic mass is 9.88. The van der Waals surface area contributed by atoms with Gasteiger partial charge in [0.1, 0.15) is 5.82 Å². The second-order valence-corrected chi connectivity index (χ2v) is 3.45. The summed E-state index contributed by atoms with van der Waals surface area (Å²) in [7, 11) is 0. The van der Waals surface area contributed by atoms with Crippen LogP contribution >= 0.6 is 0 Å². The normalized spacial score (nSPS) is 20.7. The van der Waals surface area contributed by atoms with Crippen molar-refractivity contribution in [3.63, 3.8) is 0 Å². The molecule has 1 N–H and O–H groups in total. The number of benzene rings is 1. The molecule has 0 heterocycles. The molecule has 0 radical (unpaired) electrons. The molecule has 0 saturated carbocycles. The molecule has 1 atom stereocenters. The Kier molecular flexibility index (Phi) is 2.23. The van der Waals surface area contributed by atoms with E-state index in [4.69, 9.17) is 0 Å². The average Bonchev–Trinajstić information content (AvgIpc) is 2.14. The summed E-state index contributed by atoms with van der Waals surface area (Å²) in [6.45, 7) is 0. The van der Waals surface area contributed by atoms with E-state index in [0.717, 1.165) is 0 Å². The summed E-state index contributed by atoms with van der Waals surface area (Å²) in [6.07, 6.45) is 0.224. The third kappa shape index (κ3) is 1.30. The first-order valence-corrected chi connectivity index (χ1v) is 4.45. The molecule has 1 aromatic carbocycles. The summed E-state index contributed by atoms with van der Waals surface area (Å²) in [5.41, 5.74) is -0.0867. The number of hydrogen-bond acceptors (Lipinski definition) is 1. The first kappa shape index (κ1) is 9.52. The molecule has 2 rings (SSSR count). The van der Waals surface area contributed by atoms with Crippen LogP contribution in [0.1, 0.15) is 30.1 Å². The first-order chi connectivity index (χ1) is 6.61.